The van der Waals surface area contributed by atoms with Crippen LogP contribution in [0.25, 0.3) is 11.1 Å². The molecule has 186 valence electrons. The number of amides is 2. The number of carbonyl (C=O) groups excluding carboxylic acids is 2. The number of aliphatic carboxylic acids is 1. The third-order valence-electron chi connectivity index (χ3n) is 6.42. The van der Waals surface area contributed by atoms with Crippen LogP contribution in [-0.2, 0) is 14.3 Å². The molecule has 10 heteroatoms. The van der Waals surface area contributed by atoms with Crippen molar-refractivity contribution in [2.24, 2.45) is 5.92 Å². The standard InChI is InChI=1S/C25H26F2N2O6/c26-25(27,23(33)28-20(11-12-30)22(31)32)21(14-9-10-14)29-24(34)35-13-19-17-7-3-1-5-15(17)16-6-2-4-8-18(16)19/h1-8,14,19-21,30H,9-13H2,(H,28,33)(H,29,34)(H,31,32). The number of carboxylic acids is 1. The highest BCUT2D eigenvalue weighted by Gasteiger charge is 2.55. The highest BCUT2D eigenvalue weighted by molar-refractivity contribution is 5.89. The lowest BCUT2D eigenvalue weighted by Crippen LogP contribution is -2.59. The summed E-state index contributed by atoms with van der Waals surface area (Å²) in [5, 5.41) is 21.9. The average Bonchev–Trinajstić information content (AvgIpc) is 3.63. The maximum atomic E-state index is 15.0. The number of fused-ring (bicyclic) bond motifs is 3. The highest BCUT2D eigenvalue weighted by Crippen LogP contribution is 2.44. The van der Waals surface area contributed by atoms with E-state index in [0.717, 1.165) is 22.3 Å². The molecule has 35 heavy (non-hydrogen) atoms. The first-order chi connectivity index (χ1) is 16.7. The van der Waals surface area contributed by atoms with Crippen LogP contribution in [0.5, 0.6) is 0 Å². The second kappa shape index (κ2) is 9.99. The summed E-state index contributed by atoms with van der Waals surface area (Å²) in [7, 11) is 0. The molecule has 2 unspecified atom stereocenters. The number of carbonyl (C=O) groups is 3. The van der Waals surface area contributed by atoms with Crippen LogP contribution < -0.4 is 10.6 Å². The lowest BCUT2D eigenvalue weighted by molar-refractivity contribution is -0.155. The summed E-state index contributed by atoms with van der Waals surface area (Å²) in [5.41, 5.74) is 3.97. The topological polar surface area (TPSA) is 125 Å². The Hall–Kier alpha value is -3.53. The molecule has 2 aromatic carbocycles. The van der Waals surface area contributed by atoms with Crippen LogP contribution in [0.4, 0.5) is 13.6 Å². The van der Waals surface area contributed by atoms with Crippen molar-refractivity contribution >= 4 is 18.0 Å². The van der Waals surface area contributed by atoms with Gasteiger partial charge in [0, 0.05) is 18.9 Å². The molecule has 2 aromatic rings. The van der Waals surface area contributed by atoms with Gasteiger partial charge in [-0.05, 0) is 41.0 Å². The van der Waals surface area contributed by atoms with Crippen LogP contribution in [0.15, 0.2) is 48.5 Å². The van der Waals surface area contributed by atoms with Gasteiger partial charge in [-0.25, -0.2) is 9.59 Å². The first kappa shape index (κ1) is 24.6. The van der Waals surface area contributed by atoms with Crippen molar-refractivity contribution in [3.63, 3.8) is 0 Å². The number of aliphatic hydroxyl groups is 1. The van der Waals surface area contributed by atoms with Crippen molar-refractivity contribution in [2.75, 3.05) is 13.2 Å². The van der Waals surface area contributed by atoms with Gasteiger partial charge in [-0.1, -0.05) is 48.5 Å². The van der Waals surface area contributed by atoms with Gasteiger partial charge in [0.2, 0.25) is 0 Å². The summed E-state index contributed by atoms with van der Waals surface area (Å²) in [4.78, 5) is 36.0. The van der Waals surface area contributed by atoms with E-state index in [0.29, 0.717) is 12.8 Å². The highest BCUT2D eigenvalue weighted by atomic mass is 19.3. The van der Waals surface area contributed by atoms with Crippen molar-refractivity contribution in [2.45, 2.75) is 43.2 Å². The smallest absolute Gasteiger partial charge is 0.407 e. The van der Waals surface area contributed by atoms with Gasteiger partial charge in [-0.3, -0.25) is 4.79 Å². The number of alkyl carbamates (subject to hydrolysis) is 1. The first-order valence-corrected chi connectivity index (χ1v) is 11.4. The lowest BCUT2D eigenvalue weighted by atomic mass is 9.98. The molecule has 1 saturated carbocycles. The molecule has 0 aromatic heterocycles. The Morgan fingerprint density at radius 3 is 2.09 bits per heavy atom. The molecule has 8 nitrogen and oxygen atoms in total. The second-order valence-electron chi connectivity index (χ2n) is 8.78. The van der Waals surface area contributed by atoms with E-state index in [1.807, 2.05) is 48.5 Å². The number of aliphatic hydroxyl groups excluding tert-OH is 1. The Morgan fingerprint density at radius 1 is 1.00 bits per heavy atom. The third-order valence-corrected chi connectivity index (χ3v) is 6.42. The van der Waals surface area contributed by atoms with Gasteiger partial charge in [0.25, 0.3) is 5.91 Å². The van der Waals surface area contributed by atoms with Gasteiger partial charge < -0.3 is 25.6 Å². The molecule has 0 aliphatic heterocycles. The number of hydrogen-bond acceptors (Lipinski definition) is 5. The number of carboxylic acid groups (broad SMARTS) is 1. The maximum absolute atomic E-state index is 15.0. The van der Waals surface area contributed by atoms with E-state index in [9.17, 15) is 23.2 Å². The predicted octanol–water partition coefficient (Wildman–Crippen LogP) is 2.89. The Bertz CT molecular complexity index is 1080. The second-order valence-corrected chi connectivity index (χ2v) is 8.78. The fraction of sp³-hybridized carbons (Fsp3) is 0.400. The number of alkyl halides is 2. The number of rotatable bonds is 10. The number of benzene rings is 2. The molecule has 0 heterocycles. The van der Waals surface area contributed by atoms with Gasteiger partial charge in [-0.2, -0.15) is 8.78 Å². The number of ether oxygens (including phenoxy) is 1. The molecule has 4 rings (SSSR count). The van der Waals surface area contributed by atoms with Crippen molar-refractivity contribution in [3.05, 3.63) is 59.7 Å². The van der Waals surface area contributed by atoms with Crippen molar-refractivity contribution < 1.29 is 38.1 Å². The molecule has 1 fully saturated rings. The number of hydrogen-bond donors (Lipinski definition) is 4. The number of nitrogens with one attached hydrogen (secondary N) is 2. The molecule has 2 aliphatic rings. The number of halogens is 2. The minimum atomic E-state index is -4.07. The van der Waals surface area contributed by atoms with Gasteiger partial charge in [0.15, 0.2) is 0 Å². The van der Waals surface area contributed by atoms with Gasteiger partial charge in [0.1, 0.15) is 18.7 Å². The van der Waals surface area contributed by atoms with Crippen LogP contribution in [-0.4, -0.2) is 59.4 Å². The molecule has 0 bridgehead atoms. The zero-order valence-electron chi connectivity index (χ0n) is 18.7. The first-order valence-electron chi connectivity index (χ1n) is 11.4. The molecule has 2 atom stereocenters. The molecular weight excluding hydrogens is 462 g/mol. The van der Waals surface area contributed by atoms with E-state index in [4.69, 9.17) is 14.9 Å². The summed E-state index contributed by atoms with van der Waals surface area (Å²) in [6.45, 7) is -0.681. The van der Waals surface area contributed by atoms with Crippen molar-refractivity contribution in [1.29, 1.82) is 0 Å². The van der Waals surface area contributed by atoms with E-state index in [1.54, 1.807) is 5.32 Å². The van der Waals surface area contributed by atoms with Crippen LogP contribution in [0.3, 0.4) is 0 Å². The predicted molar refractivity (Wildman–Crippen MR) is 121 cm³/mol. The minimum Gasteiger partial charge on any atom is -0.480 e. The zero-order valence-corrected chi connectivity index (χ0v) is 18.7. The fourth-order valence-corrected chi connectivity index (χ4v) is 4.48. The van der Waals surface area contributed by atoms with Crippen LogP contribution in [0.1, 0.15) is 36.3 Å². The van der Waals surface area contributed by atoms with Gasteiger partial charge in [-0.15, -0.1) is 0 Å². The zero-order chi connectivity index (χ0) is 25.2. The van der Waals surface area contributed by atoms with Gasteiger partial charge in [0.05, 0.1) is 0 Å². The van der Waals surface area contributed by atoms with Crippen LogP contribution >= 0.6 is 0 Å². The van der Waals surface area contributed by atoms with Gasteiger partial charge >= 0.3 is 18.0 Å². The third kappa shape index (κ3) is 5.12. The summed E-state index contributed by atoms with van der Waals surface area (Å²) >= 11 is 0. The van der Waals surface area contributed by atoms with Crippen molar-refractivity contribution in [3.8, 4) is 11.1 Å². The minimum absolute atomic E-state index is 0.0768. The van der Waals surface area contributed by atoms with Crippen molar-refractivity contribution in [1.82, 2.24) is 10.6 Å². The molecule has 4 N–H and O–H groups in total. The summed E-state index contributed by atoms with van der Waals surface area (Å²) < 4.78 is 35.3. The molecule has 0 saturated heterocycles. The Kier molecular flexibility index (Phi) is 7.02. The largest absolute Gasteiger partial charge is 0.480 e. The van der Waals surface area contributed by atoms with E-state index in [1.165, 1.54) is 0 Å². The Morgan fingerprint density at radius 2 is 1.57 bits per heavy atom. The van der Waals surface area contributed by atoms with E-state index in [-0.39, 0.29) is 12.5 Å². The Labute approximate surface area is 200 Å². The monoisotopic (exact) mass is 488 g/mol. The molecule has 2 amide bonds. The van der Waals surface area contributed by atoms with Crippen LogP contribution in [0.2, 0.25) is 0 Å². The summed E-state index contributed by atoms with van der Waals surface area (Å²) in [6, 6.07) is 11.9. The maximum Gasteiger partial charge on any atom is 0.407 e. The summed E-state index contributed by atoms with van der Waals surface area (Å²) in [6.07, 6.45) is -0.737. The normalized spacial score (nSPS) is 16.5. The molecule has 0 radical (unpaired) electrons. The van der Waals surface area contributed by atoms with Crippen LogP contribution in [0, 0.1) is 5.92 Å². The fourth-order valence-electron chi connectivity index (χ4n) is 4.48. The molecule has 0 spiro atoms. The average molecular weight is 488 g/mol. The summed E-state index contributed by atoms with van der Waals surface area (Å²) in [5.74, 6) is -8.34. The quantitative estimate of drug-likeness (QED) is 0.408. The van der Waals surface area contributed by atoms with E-state index in [2.05, 4.69) is 5.32 Å². The Balaban J connectivity index is 1.43. The van der Waals surface area contributed by atoms with E-state index >= 15 is 0 Å². The SMILES string of the molecule is O=C(NC(C1CC1)C(F)(F)C(=O)NC(CCO)C(=O)O)OCC1c2ccccc2-c2ccccc21. The molecule has 2 aliphatic carbocycles. The molecular formula is C25H26F2N2O6. The van der Waals surface area contributed by atoms with E-state index < -0.39 is 54.9 Å². The lowest BCUT2D eigenvalue weighted by Gasteiger charge is -2.28.